The molecule has 1 fully saturated rings. The molecule has 0 unspecified atom stereocenters. The maximum Gasteiger partial charge on any atom is 0.335 e. The summed E-state index contributed by atoms with van der Waals surface area (Å²) in [6.45, 7) is 0. The Balaban J connectivity index is 1.56. The van der Waals surface area contributed by atoms with Gasteiger partial charge < -0.3 is 15.2 Å². The monoisotopic (exact) mass is 337 g/mol. The third kappa shape index (κ3) is 2.65. The van der Waals surface area contributed by atoms with E-state index in [0.717, 1.165) is 29.8 Å². The van der Waals surface area contributed by atoms with Crippen molar-refractivity contribution in [3.8, 4) is 5.75 Å². The quantitative estimate of drug-likeness (QED) is 0.897. The van der Waals surface area contributed by atoms with Crippen molar-refractivity contribution in [1.82, 2.24) is 0 Å². The Hall–Kier alpha value is -2.82. The third-order valence-electron chi connectivity index (χ3n) is 5.30. The molecule has 4 rings (SSSR count). The van der Waals surface area contributed by atoms with Gasteiger partial charge in [-0.25, -0.2) is 4.79 Å². The van der Waals surface area contributed by atoms with Crippen molar-refractivity contribution < 1.29 is 19.4 Å². The molecule has 2 aromatic carbocycles. The SMILES string of the molecule is O=C(O)c1ccc2c(c1)[C@]1(CC[C@H](Oc3ccccc3)CC1)C(=O)N2. The minimum absolute atomic E-state index is 0.0248. The number of carbonyl (C=O) groups is 2. The molecule has 0 bridgehead atoms. The van der Waals surface area contributed by atoms with E-state index in [4.69, 9.17) is 4.74 Å². The number of carboxylic acid groups (broad SMARTS) is 1. The number of carbonyl (C=O) groups excluding carboxylic acids is 1. The molecule has 5 nitrogen and oxygen atoms in total. The van der Waals surface area contributed by atoms with E-state index in [1.54, 1.807) is 12.1 Å². The van der Waals surface area contributed by atoms with Gasteiger partial charge in [-0.1, -0.05) is 18.2 Å². The first-order valence-corrected chi connectivity index (χ1v) is 8.49. The summed E-state index contributed by atoms with van der Waals surface area (Å²) in [6.07, 6.45) is 2.92. The molecule has 2 aliphatic rings. The highest BCUT2D eigenvalue weighted by atomic mass is 16.5. The number of amides is 1. The summed E-state index contributed by atoms with van der Waals surface area (Å²) in [7, 11) is 0. The molecule has 1 spiro atoms. The lowest BCUT2D eigenvalue weighted by molar-refractivity contribution is -0.122. The highest BCUT2D eigenvalue weighted by Crippen LogP contribution is 2.48. The summed E-state index contributed by atoms with van der Waals surface area (Å²) in [6, 6.07) is 14.6. The largest absolute Gasteiger partial charge is 0.490 e. The first kappa shape index (κ1) is 15.7. The molecule has 0 radical (unpaired) electrons. The van der Waals surface area contributed by atoms with E-state index < -0.39 is 11.4 Å². The maximum atomic E-state index is 12.7. The van der Waals surface area contributed by atoms with Crippen molar-refractivity contribution >= 4 is 17.6 Å². The number of anilines is 1. The molecule has 2 N–H and O–H groups in total. The van der Waals surface area contributed by atoms with Crippen molar-refractivity contribution in [2.75, 3.05) is 5.32 Å². The van der Waals surface area contributed by atoms with Gasteiger partial charge in [-0.3, -0.25) is 4.79 Å². The molecular weight excluding hydrogens is 318 g/mol. The second kappa shape index (κ2) is 5.92. The van der Waals surface area contributed by atoms with Crippen LogP contribution in [0.1, 0.15) is 41.6 Å². The Kier molecular flexibility index (Phi) is 3.71. The van der Waals surface area contributed by atoms with Gasteiger partial charge in [0.1, 0.15) is 5.75 Å². The second-order valence-electron chi connectivity index (χ2n) is 6.73. The third-order valence-corrected chi connectivity index (χ3v) is 5.30. The van der Waals surface area contributed by atoms with Crippen molar-refractivity contribution in [3.63, 3.8) is 0 Å². The van der Waals surface area contributed by atoms with Gasteiger partial charge in [-0.2, -0.15) is 0 Å². The average Bonchev–Trinajstić information content (AvgIpc) is 2.89. The van der Waals surface area contributed by atoms with Crippen LogP contribution in [0.5, 0.6) is 5.75 Å². The molecule has 0 aromatic heterocycles. The minimum Gasteiger partial charge on any atom is -0.490 e. The number of nitrogens with one attached hydrogen (secondary N) is 1. The predicted molar refractivity (Wildman–Crippen MR) is 93.0 cm³/mol. The van der Waals surface area contributed by atoms with E-state index in [1.165, 1.54) is 6.07 Å². The number of fused-ring (bicyclic) bond motifs is 2. The van der Waals surface area contributed by atoms with Crippen LogP contribution in [0.4, 0.5) is 5.69 Å². The van der Waals surface area contributed by atoms with E-state index in [9.17, 15) is 14.7 Å². The van der Waals surface area contributed by atoms with Crippen molar-refractivity contribution in [2.45, 2.75) is 37.2 Å². The van der Waals surface area contributed by atoms with E-state index in [-0.39, 0.29) is 17.6 Å². The first-order chi connectivity index (χ1) is 12.1. The van der Waals surface area contributed by atoms with Crippen LogP contribution in [0.2, 0.25) is 0 Å². The molecular formula is C20H19NO4. The Morgan fingerprint density at radius 2 is 1.84 bits per heavy atom. The Morgan fingerprint density at radius 1 is 1.12 bits per heavy atom. The highest BCUT2D eigenvalue weighted by molar-refractivity contribution is 6.07. The molecule has 1 heterocycles. The lowest BCUT2D eigenvalue weighted by atomic mass is 9.69. The summed E-state index contributed by atoms with van der Waals surface area (Å²) in [5.74, 6) is -0.158. The molecule has 25 heavy (non-hydrogen) atoms. The molecule has 1 amide bonds. The normalized spacial score (nSPS) is 24.6. The lowest BCUT2D eigenvalue weighted by Crippen LogP contribution is -2.40. The number of ether oxygens (including phenoxy) is 1. The fraction of sp³-hybridized carbons (Fsp3) is 0.300. The second-order valence-corrected chi connectivity index (χ2v) is 6.73. The number of carboxylic acids is 1. The van der Waals surface area contributed by atoms with Gasteiger partial charge in [0, 0.05) is 5.69 Å². The van der Waals surface area contributed by atoms with Crippen molar-refractivity contribution in [3.05, 3.63) is 59.7 Å². The Bertz CT molecular complexity index is 823. The zero-order chi connectivity index (χ0) is 17.4. The predicted octanol–water partition coefficient (Wildman–Crippen LogP) is 3.60. The average molecular weight is 337 g/mol. The van der Waals surface area contributed by atoms with Gasteiger partial charge >= 0.3 is 5.97 Å². The van der Waals surface area contributed by atoms with Crippen LogP contribution in [0.25, 0.3) is 0 Å². The van der Waals surface area contributed by atoms with Crippen LogP contribution in [0, 0.1) is 0 Å². The topological polar surface area (TPSA) is 75.6 Å². The minimum atomic E-state index is -0.974. The molecule has 2 aromatic rings. The smallest absolute Gasteiger partial charge is 0.335 e. The molecule has 0 saturated heterocycles. The number of benzene rings is 2. The number of hydrogen-bond acceptors (Lipinski definition) is 3. The number of hydrogen-bond donors (Lipinski definition) is 2. The fourth-order valence-electron chi connectivity index (χ4n) is 3.94. The van der Waals surface area contributed by atoms with Gasteiger partial charge in [-0.05, 0) is 61.6 Å². The van der Waals surface area contributed by atoms with Crippen LogP contribution in [0.3, 0.4) is 0 Å². The summed E-state index contributed by atoms with van der Waals surface area (Å²) in [5.41, 5.74) is 1.14. The highest BCUT2D eigenvalue weighted by Gasteiger charge is 2.49. The van der Waals surface area contributed by atoms with Crippen LogP contribution in [-0.4, -0.2) is 23.1 Å². The molecule has 1 saturated carbocycles. The van der Waals surface area contributed by atoms with E-state index in [2.05, 4.69) is 5.32 Å². The van der Waals surface area contributed by atoms with E-state index >= 15 is 0 Å². The van der Waals surface area contributed by atoms with Crippen LogP contribution < -0.4 is 10.1 Å². The lowest BCUT2D eigenvalue weighted by Gasteiger charge is -2.35. The maximum absolute atomic E-state index is 12.7. The van der Waals surface area contributed by atoms with Crippen LogP contribution >= 0.6 is 0 Å². The van der Waals surface area contributed by atoms with E-state index in [0.29, 0.717) is 12.8 Å². The summed E-state index contributed by atoms with van der Waals surface area (Å²) in [4.78, 5) is 23.9. The van der Waals surface area contributed by atoms with Gasteiger partial charge in [0.15, 0.2) is 0 Å². The van der Waals surface area contributed by atoms with Gasteiger partial charge in [0.25, 0.3) is 0 Å². The van der Waals surface area contributed by atoms with Crippen LogP contribution in [-0.2, 0) is 10.2 Å². The van der Waals surface area contributed by atoms with Gasteiger partial charge in [0.2, 0.25) is 5.91 Å². The Morgan fingerprint density at radius 3 is 2.52 bits per heavy atom. The summed E-state index contributed by atoms with van der Waals surface area (Å²) in [5, 5.41) is 12.2. The van der Waals surface area contributed by atoms with Crippen LogP contribution in [0.15, 0.2) is 48.5 Å². The number of rotatable bonds is 3. The molecule has 1 aliphatic heterocycles. The fourth-order valence-corrected chi connectivity index (χ4v) is 3.94. The molecule has 0 atom stereocenters. The van der Waals surface area contributed by atoms with Crippen molar-refractivity contribution in [1.29, 1.82) is 0 Å². The molecule has 1 aliphatic carbocycles. The standard InChI is InChI=1S/C20H19NO4/c22-18(23)13-6-7-17-16(12-13)20(19(24)21-17)10-8-15(9-11-20)25-14-4-2-1-3-5-14/h1-7,12,15H,8-11H2,(H,21,24)(H,22,23)/t15-,20+. The van der Waals surface area contributed by atoms with Gasteiger partial charge in [-0.15, -0.1) is 0 Å². The number of para-hydroxylation sites is 1. The Labute approximate surface area is 145 Å². The zero-order valence-electron chi connectivity index (χ0n) is 13.7. The molecule has 128 valence electrons. The first-order valence-electron chi connectivity index (χ1n) is 8.49. The van der Waals surface area contributed by atoms with Gasteiger partial charge in [0.05, 0.1) is 17.1 Å². The number of aromatic carboxylic acids is 1. The zero-order valence-corrected chi connectivity index (χ0v) is 13.7. The summed E-state index contributed by atoms with van der Waals surface area (Å²) >= 11 is 0. The molecule has 5 heteroatoms. The van der Waals surface area contributed by atoms with Crippen molar-refractivity contribution in [2.24, 2.45) is 0 Å². The van der Waals surface area contributed by atoms with E-state index in [1.807, 2.05) is 30.3 Å². The summed E-state index contributed by atoms with van der Waals surface area (Å²) < 4.78 is 6.02.